The molecular weight excluding hydrogens is 346 g/mol. The Morgan fingerprint density at radius 1 is 1.15 bits per heavy atom. The molecule has 1 saturated heterocycles. The second kappa shape index (κ2) is 9.14. The van der Waals surface area contributed by atoms with Crippen molar-refractivity contribution in [1.29, 1.82) is 0 Å². The minimum atomic E-state index is -0.407. The van der Waals surface area contributed by atoms with Crippen LogP contribution in [0.4, 0.5) is 5.69 Å². The van der Waals surface area contributed by atoms with E-state index in [0.29, 0.717) is 24.6 Å². The van der Waals surface area contributed by atoms with E-state index >= 15 is 0 Å². The lowest BCUT2D eigenvalue weighted by atomic mass is 10.2. The van der Waals surface area contributed by atoms with E-state index < -0.39 is 5.91 Å². The molecule has 2 amide bonds. The highest BCUT2D eigenvalue weighted by Gasteiger charge is 2.18. The average molecular weight is 369 g/mol. The fourth-order valence-corrected chi connectivity index (χ4v) is 2.83. The average Bonchev–Trinajstić information content (AvgIpc) is 3.21. The van der Waals surface area contributed by atoms with Gasteiger partial charge in [0.15, 0.2) is 0 Å². The molecule has 0 aliphatic carbocycles. The summed E-state index contributed by atoms with van der Waals surface area (Å²) in [6, 6.07) is 11.9. The summed E-state index contributed by atoms with van der Waals surface area (Å²) in [5.74, 6) is -0.149. The molecule has 1 aromatic heterocycles. The van der Waals surface area contributed by atoms with Crippen molar-refractivity contribution in [3.63, 3.8) is 0 Å². The number of hydrogen-bond acceptors (Lipinski definition) is 5. The molecule has 7 heteroatoms. The highest BCUT2D eigenvalue weighted by molar-refractivity contribution is 6.04. The number of benzene rings is 1. The number of hydrogen-bond donors (Lipinski definition) is 2. The van der Waals surface area contributed by atoms with Crippen LogP contribution in [0.15, 0.2) is 42.5 Å². The Hall–Kier alpha value is -2.93. The molecule has 0 bridgehead atoms. The molecule has 2 heterocycles. The van der Waals surface area contributed by atoms with E-state index in [1.165, 1.54) is 0 Å². The first-order valence-electron chi connectivity index (χ1n) is 9.07. The van der Waals surface area contributed by atoms with Crippen LogP contribution in [-0.2, 0) is 4.74 Å². The van der Waals surface area contributed by atoms with Crippen LogP contribution in [0.5, 0.6) is 5.75 Å². The zero-order chi connectivity index (χ0) is 19.1. The lowest BCUT2D eigenvalue weighted by Gasteiger charge is -2.12. The Balaban J connectivity index is 1.65. The third-order valence-corrected chi connectivity index (χ3v) is 4.16. The second-order valence-electron chi connectivity index (χ2n) is 6.14. The van der Waals surface area contributed by atoms with Crippen molar-refractivity contribution in [2.24, 2.45) is 0 Å². The molecule has 0 spiro atoms. The van der Waals surface area contributed by atoms with E-state index in [1.807, 2.05) is 13.0 Å². The number of aromatic nitrogens is 1. The number of carbonyl (C=O) groups excluding carboxylic acids is 2. The van der Waals surface area contributed by atoms with Gasteiger partial charge in [0.05, 0.1) is 18.4 Å². The summed E-state index contributed by atoms with van der Waals surface area (Å²) in [6.45, 7) is 3.54. The third-order valence-electron chi connectivity index (χ3n) is 4.16. The van der Waals surface area contributed by atoms with E-state index in [0.717, 1.165) is 19.4 Å². The number of nitrogens with one attached hydrogen (secondary N) is 2. The van der Waals surface area contributed by atoms with Gasteiger partial charge in [-0.3, -0.25) is 9.59 Å². The third kappa shape index (κ3) is 5.04. The Kier molecular flexibility index (Phi) is 6.38. The van der Waals surface area contributed by atoms with Gasteiger partial charge in [-0.15, -0.1) is 0 Å². The van der Waals surface area contributed by atoms with E-state index in [9.17, 15) is 9.59 Å². The van der Waals surface area contributed by atoms with Gasteiger partial charge in [0.2, 0.25) is 0 Å². The molecule has 1 aliphatic heterocycles. The summed E-state index contributed by atoms with van der Waals surface area (Å²) in [7, 11) is 0. The van der Waals surface area contributed by atoms with Crippen LogP contribution in [0.25, 0.3) is 0 Å². The Labute approximate surface area is 158 Å². The Morgan fingerprint density at radius 2 is 1.93 bits per heavy atom. The van der Waals surface area contributed by atoms with Crippen molar-refractivity contribution >= 4 is 17.5 Å². The largest absolute Gasteiger partial charge is 0.492 e. The van der Waals surface area contributed by atoms with E-state index in [1.54, 1.807) is 36.4 Å². The lowest BCUT2D eigenvalue weighted by molar-refractivity contribution is 0.0853. The highest BCUT2D eigenvalue weighted by atomic mass is 16.5. The van der Waals surface area contributed by atoms with Gasteiger partial charge >= 0.3 is 0 Å². The summed E-state index contributed by atoms with van der Waals surface area (Å²) in [5, 5.41) is 5.58. The predicted molar refractivity (Wildman–Crippen MR) is 101 cm³/mol. The van der Waals surface area contributed by atoms with Gasteiger partial charge in [-0.05, 0) is 44.0 Å². The van der Waals surface area contributed by atoms with Gasteiger partial charge in [-0.1, -0.05) is 18.2 Å². The van der Waals surface area contributed by atoms with E-state index in [2.05, 4.69) is 15.6 Å². The maximum absolute atomic E-state index is 12.5. The molecule has 1 aliphatic rings. The van der Waals surface area contributed by atoms with E-state index in [4.69, 9.17) is 9.47 Å². The van der Waals surface area contributed by atoms with Gasteiger partial charge in [0, 0.05) is 13.2 Å². The van der Waals surface area contributed by atoms with Gasteiger partial charge < -0.3 is 20.1 Å². The Bertz CT molecular complexity index is 803. The maximum atomic E-state index is 12.5. The molecule has 1 fully saturated rings. The molecular formula is C20H23N3O4. The molecule has 142 valence electrons. The molecule has 1 unspecified atom stereocenters. The second-order valence-corrected chi connectivity index (χ2v) is 6.14. The van der Waals surface area contributed by atoms with Crippen LogP contribution in [0.1, 0.15) is 40.7 Å². The molecule has 0 saturated carbocycles. The topological polar surface area (TPSA) is 89.5 Å². The van der Waals surface area contributed by atoms with Gasteiger partial charge in [0.1, 0.15) is 17.1 Å². The molecule has 7 nitrogen and oxygen atoms in total. The van der Waals surface area contributed by atoms with Crippen molar-refractivity contribution in [2.75, 3.05) is 25.1 Å². The quantitative estimate of drug-likeness (QED) is 0.783. The summed E-state index contributed by atoms with van der Waals surface area (Å²) in [5.41, 5.74) is 0.907. The van der Waals surface area contributed by atoms with Crippen LogP contribution in [0.3, 0.4) is 0 Å². The van der Waals surface area contributed by atoms with E-state index in [-0.39, 0.29) is 23.4 Å². The number of nitrogens with zero attached hydrogens (tertiary/aromatic N) is 1. The van der Waals surface area contributed by atoms with Crippen LogP contribution < -0.4 is 15.4 Å². The summed E-state index contributed by atoms with van der Waals surface area (Å²) in [4.78, 5) is 29.0. The lowest BCUT2D eigenvalue weighted by Crippen LogP contribution is -2.32. The molecule has 1 aromatic carbocycles. The fraction of sp³-hybridized carbons (Fsp3) is 0.350. The highest BCUT2D eigenvalue weighted by Crippen LogP contribution is 2.24. The number of pyridine rings is 1. The minimum Gasteiger partial charge on any atom is -0.492 e. The normalized spacial score (nSPS) is 16.0. The van der Waals surface area contributed by atoms with Crippen molar-refractivity contribution in [3.05, 3.63) is 53.9 Å². The van der Waals surface area contributed by atoms with Crippen LogP contribution in [-0.4, -0.2) is 42.7 Å². The summed E-state index contributed by atoms with van der Waals surface area (Å²) >= 11 is 0. The number of carbonyl (C=O) groups is 2. The maximum Gasteiger partial charge on any atom is 0.274 e. The zero-order valence-electron chi connectivity index (χ0n) is 15.2. The monoisotopic (exact) mass is 369 g/mol. The number of amides is 2. The van der Waals surface area contributed by atoms with Crippen LogP contribution >= 0.6 is 0 Å². The van der Waals surface area contributed by atoms with Gasteiger partial charge in [0.25, 0.3) is 11.8 Å². The predicted octanol–water partition coefficient (Wildman–Crippen LogP) is 2.64. The van der Waals surface area contributed by atoms with Crippen LogP contribution in [0, 0.1) is 0 Å². The van der Waals surface area contributed by atoms with Crippen molar-refractivity contribution in [2.45, 2.75) is 25.9 Å². The number of para-hydroxylation sites is 2. The van der Waals surface area contributed by atoms with Gasteiger partial charge in [-0.25, -0.2) is 4.98 Å². The SMILES string of the molecule is CCOc1ccccc1NC(=O)c1cccc(C(=O)NCC2CCCO2)n1. The first-order chi connectivity index (χ1) is 13.2. The summed E-state index contributed by atoms with van der Waals surface area (Å²) in [6.07, 6.45) is 2.00. The Morgan fingerprint density at radius 3 is 2.67 bits per heavy atom. The van der Waals surface area contributed by atoms with Crippen LogP contribution in [0.2, 0.25) is 0 Å². The molecule has 3 rings (SSSR count). The molecule has 0 radical (unpaired) electrons. The number of anilines is 1. The van der Waals surface area contributed by atoms with Crippen molar-refractivity contribution in [1.82, 2.24) is 10.3 Å². The van der Waals surface area contributed by atoms with Crippen molar-refractivity contribution in [3.8, 4) is 5.75 Å². The van der Waals surface area contributed by atoms with Crippen molar-refractivity contribution < 1.29 is 19.1 Å². The molecule has 27 heavy (non-hydrogen) atoms. The minimum absolute atomic E-state index is 0.0514. The summed E-state index contributed by atoms with van der Waals surface area (Å²) < 4.78 is 11.0. The first-order valence-corrected chi connectivity index (χ1v) is 9.07. The number of ether oxygens (including phenoxy) is 2. The standard InChI is InChI=1S/C20H23N3O4/c1-2-26-18-11-4-3-8-15(18)23-20(25)17-10-5-9-16(22-17)19(24)21-13-14-7-6-12-27-14/h3-5,8-11,14H,2,6-7,12-13H2,1H3,(H,21,24)(H,23,25). The molecule has 1 atom stereocenters. The number of rotatable bonds is 7. The van der Waals surface area contributed by atoms with Gasteiger partial charge in [-0.2, -0.15) is 0 Å². The smallest absolute Gasteiger partial charge is 0.274 e. The first kappa shape index (κ1) is 18.8. The molecule has 2 N–H and O–H groups in total. The zero-order valence-corrected chi connectivity index (χ0v) is 15.2. The fourth-order valence-electron chi connectivity index (χ4n) is 2.83. The molecule has 2 aromatic rings.